The Bertz CT molecular complexity index is 783. The van der Waals surface area contributed by atoms with E-state index in [9.17, 15) is 4.79 Å². The minimum absolute atomic E-state index is 0.102. The van der Waals surface area contributed by atoms with Crippen molar-refractivity contribution in [2.75, 3.05) is 0 Å². The maximum atomic E-state index is 12.0. The molecule has 1 aliphatic rings. The lowest BCUT2D eigenvalue weighted by Crippen LogP contribution is -2.74. The lowest BCUT2D eigenvalue weighted by atomic mass is 9.28. The summed E-state index contributed by atoms with van der Waals surface area (Å²) in [6.45, 7) is 0.144. The number of hydrogen-bond acceptors (Lipinski definition) is 3. The number of fused-ring (bicyclic) bond motifs is 1. The maximum Gasteiger partial charge on any atom is 0.282 e. The Morgan fingerprint density at radius 2 is 1.65 bits per heavy atom. The van der Waals surface area contributed by atoms with Crippen LogP contribution in [0.25, 0.3) is 0 Å². The summed E-state index contributed by atoms with van der Waals surface area (Å²) in [6.07, 6.45) is 0. The average Bonchev–Trinajstić information content (AvgIpc) is 2.87. The standard InChI is InChI=1S/C13H8B6N2O2/c14-11(15)8-9(23-20-10(8)22)12(16,17)21(13(11,18)19)6-7-4-2-1-3-5-7/h1-5H,6H2,(H,20,22). The molecule has 12 radical (unpaired) electrons. The summed E-state index contributed by atoms with van der Waals surface area (Å²) in [5, 5.41) is -3.49. The van der Waals surface area contributed by atoms with E-state index in [-0.39, 0.29) is 17.9 Å². The van der Waals surface area contributed by atoms with E-state index in [2.05, 4.69) is 5.16 Å². The van der Waals surface area contributed by atoms with Crippen LogP contribution in [0.5, 0.6) is 0 Å². The zero-order valence-electron chi connectivity index (χ0n) is 12.3. The zero-order valence-corrected chi connectivity index (χ0v) is 12.3. The van der Waals surface area contributed by atoms with E-state index in [1.807, 2.05) is 30.3 Å². The van der Waals surface area contributed by atoms with Gasteiger partial charge in [-0.25, -0.2) is 0 Å². The van der Waals surface area contributed by atoms with Gasteiger partial charge in [-0.3, -0.25) is 4.79 Å². The number of nitrogens with one attached hydrogen (secondary N) is 1. The van der Waals surface area contributed by atoms with Gasteiger partial charge >= 0.3 is 0 Å². The van der Waals surface area contributed by atoms with Crippen LogP contribution >= 0.6 is 0 Å². The van der Waals surface area contributed by atoms with Gasteiger partial charge in [0.2, 0.25) is 0 Å². The first-order valence-corrected chi connectivity index (χ1v) is 6.87. The second-order valence-corrected chi connectivity index (χ2v) is 5.83. The van der Waals surface area contributed by atoms with Crippen molar-refractivity contribution in [3.63, 3.8) is 0 Å². The number of rotatable bonds is 2. The van der Waals surface area contributed by atoms with Crippen molar-refractivity contribution in [1.29, 1.82) is 0 Å². The highest BCUT2D eigenvalue weighted by Gasteiger charge is 2.55. The lowest BCUT2D eigenvalue weighted by Gasteiger charge is -2.61. The Hall–Kier alpha value is -1.42. The van der Waals surface area contributed by atoms with Crippen molar-refractivity contribution < 1.29 is 4.52 Å². The predicted molar refractivity (Wildman–Crippen MR) is 91.9 cm³/mol. The summed E-state index contributed by atoms with van der Waals surface area (Å²) in [4.78, 5) is 13.3. The van der Waals surface area contributed by atoms with Gasteiger partial charge in [0, 0.05) is 11.9 Å². The number of benzene rings is 1. The molecule has 0 bridgehead atoms. The van der Waals surface area contributed by atoms with Gasteiger partial charge in [-0.2, -0.15) is 5.16 Å². The lowest BCUT2D eigenvalue weighted by molar-refractivity contribution is 0.111. The maximum absolute atomic E-state index is 12.0. The molecule has 23 heavy (non-hydrogen) atoms. The normalized spacial score (nSPS) is 21.6. The smallest absolute Gasteiger partial charge is 0.282 e. The fraction of sp³-hybridized carbons (Fsp3) is 0.308. The fourth-order valence-electron chi connectivity index (χ4n) is 2.84. The van der Waals surface area contributed by atoms with E-state index in [0.29, 0.717) is 0 Å². The molecule has 100 valence electrons. The van der Waals surface area contributed by atoms with E-state index in [0.717, 1.165) is 5.56 Å². The van der Waals surface area contributed by atoms with Crippen molar-refractivity contribution in [1.82, 2.24) is 10.1 Å². The zero-order chi connectivity index (χ0) is 17.0. The second kappa shape index (κ2) is 5.04. The molecule has 0 aliphatic carbocycles. The van der Waals surface area contributed by atoms with Gasteiger partial charge in [-0.1, -0.05) is 40.9 Å². The van der Waals surface area contributed by atoms with Crippen LogP contribution in [0.3, 0.4) is 0 Å². The second-order valence-electron chi connectivity index (χ2n) is 5.83. The van der Waals surface area contributed by atoms with Crippen LogP contribution in [0.2, 0.25) is 0 Å². The minimum Gasteiger partial charge on any atom is -0.383 e. The summed E-state index contributed by atoms with van der Waals surface area (Å²) in [5.74, 6) is -0.102. The summed E-state index contributed by atoms with van der Waals surface area (Å²) >= 11 is 0. The van der Waals surface area contributed by atoms with E-state index in [4.69, 9.17) is 51.6 Å². The number of aromatic amines is 1. The summed E-state index contributed by atoms with van der Waals surface area (Å²) in [7, 11) is 36.8. The first kappa shape index (κ1) is 16.4. The van der Waals surface area contributed by atoms with Crippen molar-refractivity contribution in [2.45, 2.75) is 22.4 Å². The van der Waals surface area contributed by atoms with Crippen molar-refractivity contribution >= 4 is 47.1 Å². The number of hydrogen-bond donors (Lipinski definition) is 1. The average molecular weight is 289 g/mol. The quantitative estimate of drug-likeness (QED) is 0.678. The van der Waals surface area contributed by atoms with E-state index >= 15 is 0 Å². The van der Waals surface area contributed by atoms with Gasteiger partial charge in [0.25, 0.3) is 5.56 Å². The van der Waals surface area contributed by atoms with Gasteiger partial charge in [0.15, 0.2) is 0 Å². The molecule has 1 aromatic carbocycles. The molecule has 1 aliphatic heterocycles. The molecular formula is C13H8B6N2O2. The van der Waals surface area contributed by atoms with Gasteiger partial charge in [-0.15, -0.1) is 0 Å². The molecule has 0 unspecified atom stereocenters. The molecule has 1 N–H and O–H groups in total. The molecular weight excluding hydrogens is 281 g/mol. The Kier molecular flexibility index (Phi) is 3.60. The fourth-order valence-corrected chi connectivity index (χ4v) is 2.84. The van der Waals surface area contributed by atoms with Crippen molar-refractivity contribution in [3.8, 4) is 0 Å². The molecule has 0 saturated heterocycles. The third-order valence-electron chi connectivity index (χ3n) is 4.22. The van der Waals surface area contributed by atoms with E-state index in [1.165, 1.54) is 4.90 Å². The molecule has 0 spiro atoms. The number of aromatic nitrogens is 1. The molecule has 0 fully saturated rings. The highest BCUT2D eigenvalue weighted by Crippen LogP contribution is 2.44. The Morgan fingerprint density at radius 1 is 1.04 bits per heavy atom. The predicted octanol–water partition coefficient (Wildman–Crippen LogP) is -1.59. The van der Waals surface area contributed by atoms with Crippen molar-refractivity contribution in [2.24, 2.45) is 0 Å². The first-order valence-electron chi connectivity index (χ1n) is 6.87. The molecule has 0 amide bonds. The van der Waals surface area contributed by atoms with Crippen LogP contribution in [0.1, 0.15) is 16.9 Å². The molecule has 2 aromatic rings. The number of H-pyrrole nitrogens is 1. The Morgan fingerprint density at radius 3 is 2.26 bits per heavy atom. The molecule has 0 saturated carbocycles. The van der Waals surface area contributed by atoms with Gasteiger partial charge in [0.05, 0.1) is 52.6 Å². The third kappa shape index (κ3) is 2.22. The molecule has 3 rings (SSSR count). The highest BCUT2D eigenvalue weighted by molar-refractivity contribution is 6.55. The van der Waals surface area contributed by atoms with Crippen LogP contribution in [0.4, 0.5) is 0 Å². The van der Waals surface area contributed by atoms with Crippen LogP contribution in [-0.4, -0.2) is 62.5 Å². The van der Waals surface area contributed by atoms with E-state index in [1.54, 1.807) is 0 Å². The Labute approximate surface area is 142 Å². The molecule has 10 heteroatoms. The summed E-state index contributed by atoms with van der Waals surface area (Å²) in [5.41, 5.74) is -0.0214. The van der Waals surface area contributed by atoms with Crippen molar-refractivity contribution in [3.05, 3.63) is 57.6 Å². The van der Waals surface area contributed by atoms with Gasteiger partial charge in [0.1, 0.15) is 5.76 Å². The topological polar surface area (TPSA) is 49.2 Å². The van der Waals surface area contributed by atoms with Crippen LogP contribution in [-0.2, 0) is 17.1 Å². The van der Waals surface area contributed by atoms with Crippen LogP contribution in [0, 0.1) is 0 Å². The molecule has 1 aromatic heterocycles. The van der Waals surface area contributed by atoms with Gasteiger partial charge < -0.3 is 9.42 Å². The summed E-state index contributed by atoms with van der Waals surface area (Å²) in [6, 6.07) is 9.20. The monoisotopic (exact) mass is 290 g/mol. The largest absolute Gasteiger partial charge is 0.383 e. The first-order chi connectivity index (χ1) is 10.6. The number of nitrogens with zero attached hydrogens (tertiary/aromatic N) is 1. The highest BCUT2D eigenvalue weighted by atomic mass is 16.5. The Balaban J connectivity index is 2.18. The van der Waals surface area contributed by atoms with Crippen LogP contribution < -0.4 is 5.56 Å². The SMILES string of the molecule is [B]C1([B])c2o[nH]c(=O)c2C([B])([B])C([B])([B])N1Cc1ccccc1. The molecule has 4 nitrogen and oxygen atoms in total. The molecule has 0 atom stereocenters. The third-order valence-corrected chi connectivity index (χ3v) is 4.22. The summed E-state index contributed by atoms with van der Waals surface area (Å²) < 4.78 is 5.10. The van der Waals surface area contributed by atoms with Crippen LogP contribution in [0.15, 0.2) is 39.6 Å². The van der Waals surface area contributed by atoms with E-state index < -0.39 is 21.4 Å². The van der Waals surface area contributed by atoms with Gasteiger partial charge in [-0.05, 0) is 5.56 Å². The minimum atomic E-state index is -1.93. The molecule has 2 heterocycles.